The average Bonchev–Trinajstić information content (AvgIpc) is 2.64. The molecule has 0 spiro atoms. The topological polar surface area (TPSA) is 71.1 Å². The van der Waals surface area contributed by atoms with Crippen LogP contribution >= 0.6 is 11.8 Å². The maximum absolute atomic E-state index is 12.0. The number of benzene rings is 1. The van der Waals surface area contributed by atoms with Gasteiger partial charge in [0.25, 0.3) is 0 Å². The summed E-state index contributed by atoms with van der Waals surface area (Å²) in [7, 11) is 0. The molecular weight excluding hydrogens is 358 g/mol. The quantitative estimate of drug-likeness (QED) is 0.526. The molecular formula is C21H27N3O2S. The summed E-state index contributed by atoms with van der Waals surface area (Å²) in [6.07, 6.45) is 4.63. The number of nitrogens with zero attached hydrogens (tertiary/aromatic N) is 1. The summed E-state index contributed by atoms with van der Waals surface area (Å²) < 4.78 is 0. The van der Waals surface area contributed by atoms with E-state index in [4.69, 9.17) is 0 Å². The minimum atomic E-state index is -0.404. The third kappa shape index (κ3) is 7.83. The number of rotatable bonds is 8. The first-order valence-corrected chi connectivity index (χ1v) is 10.0. The molecule has 1 aromatic heterocycles. The number of pyridine rings is 1. The van der Waals surface area contributed by atoms with Crippen LogP contribution in [0.2, 0.25) is 0 Å². The van der Waals surface area contributed by atoms with Gasteiger partial charge in [0.1, 0.15) is 0 Å². The predicted octanol–water partition coefficient (Wildman–Crippen LogP) is 4.25. The fraction of sp³-hybridized carbons (Fsp3) is 0.381. The molecule has 0 aliphatic carbocycles. The molecule has 2 rings (SSSR count). The molecule has 1 aromatic carbocycles. The number of hydrogen-bond acceptors (Lipinski definition) is 4. The van der Waals surface area contributed by atoms with Gasteiger partial charge in [-0.05, 0) is 42.3 Å². The Morgan fingerprint density at radius 2 is 1.85 bits per heavy atom. The zero-order valence-electron chi connectivity index (χ0n) is 16.1. The Hall–Kier alpha value is -2.34. The Morgan fingerprint density at radius 3 is 2.48 bits per heavy atom. The van der Waals surface area contributed by atoms with E-state index in [1.807, 2.05) is 57.3 Å². The molecule has 1 heterocycles. The molecule has 6 heteroatoms. The second kappa shape index (κ2) is 10.1. The average molecular weight is 386 g/mol. The van der Waals surface area contributed by atoms with Gasteiger partial charge in [-0.25, -0.2) is 0 Å². The molecule has 144 valence electrons. The first kappa shape index (κ1) is 21.0. The number of carbonyl (C=O) groups is 2. The van der Waals surface area contributed by atoms with Crippen molar-refractivity contribution < 1.29 is 9.59 Å². The molecule has 0 saturated heterocycles. The molecule has 0 bridgehead atoms. The summed E-state index contributed by atoms with van der Waals surface area (Å²) in [5.41, 5.74) is 1.56. The van der Waals surface area contributed by atoms with Crippen molar-refractivity contribution in [3.63, 3.8) is 0 Å². The maximum Gasteiger partial charge on any atom is 0.225 e. The lowest BCUT2D eigenvalue weighted by atomic mass is 9.96. The van der Waals surface area contributed by atoms with Crippen LogP contribution in [0.15, 0.2) is 53.7 Å². The van der Waals surface area contributed by atoms with Gasteiger partial charge in [0.15, 0.2) is 0 Å². The number of hydrogen-bond donors (Lipinski definition) is 2. The Morgan fingerprint density at radius 1 is 1.11 bits per heavy atom. The summed E-state index contributed by atoms with van der Waals surface area (Å²) in [4.78, 5) is 29.0. The highest BCUT2D eigenvalue weighted by molar-refractivity contribution is 7.98. The highest BCUT2D eigenvalue weighted by atomic mass is 32.2. The second-order valence-electron chi connectivity index (χ2n) is 7.33. The van der Waals surface area contributed by atoms with Crippen molar-refractivity contribution in [1.29, 1.82) is 0 Å². The fourth-order valence-electron chi connectivity index (χ4n) is 2.22. The van der Waals surface area contributed by atoms with E-state index in [1.54, 1.807) is 18.0 Å². The molecule has 0 aliphatic rings. The standard InChI is InChI=1S/C21H27N3O2S/c1-21(2,3)20(26)23-13-5-7-19(25)24-17-8-10-18(11-9-17)27-15-16-6-4-12-22-14-16/h4,6,8-12,14H,5,7,13,15H2,1-3H3,(H,23,26)(H,24,25). The van der Waals surface area contributed by atoms with E-state index in [1.165, 1.54) is 5.56 Å². The van der Waals surface area contributed by atoms with Crippen LogP contribution in [0.4, 0.5) is 5.69 Å². The van der Waals surface area contributed by atoms with Crippen molar-refractivity contribution in [2.24, 2.45) is 5.41 Å². The van der Waals surface area contributed by atoms with Gasteiger partial charge in [-0.1, -0.05) is 26.8 Å². The lowest BCUT2D eigenvalue weighted by Gasteiger charge is -2.17. The van der Waals surface area contributed by atoms with Crippen molar-refractivity contribution in [3.8, 4) is 0 Å². The van der Waals surface area contributed by atoms with Crippen molar-refractivity contribution >= 4 is 29.3 Å². The molecule has 27 heavy (non-hydrogen) atoms. The first-order valence-electron chi connectivity index (χ1n) is 9.04. The zero-order chi connectivity index (χ0) is 19.7. The van der Waals surface area contributed by atoms with Crippen LogP contribution in [0.3, 0.4) is 0 Å². The molecule has 0 aliphatic heterocycles. The SMILES string of the molecule is CC(C)(C)C(=O)NCCCC(=O)Nc1ccc(SCc2cccnc2)cc1. The van der Waals surface area contributed by atoms with Gasteiger partial charge in [0.2, 0.25) is 11.8 Å². The monoisotopic (exact) mass is 385 g/mol. The minimum absolute atomic E-state index is 0.00211. The zero-order valence-corrected chi connectivity index (χ0v) is 16.9. The molecule has 2 aromatic rings. The fourth-order valence-corrected chi connectivity index (χ4v) is 3.06. The summed E-state index contributed by atoms with van der Waals surface area (Å²) in [6, 6.07) is 11.8. The molecule has 0 atom stereocenters. The van der Waals surface area contributed by atoms with Gasteiger partial charge >= 0.3 is 0 Å². The van der Waals surface area contributed by atoms with E-state index in [0.717, 1.165) is 16.3 Å². The summed E-state index contributed by atoms with van der Waals surface area (Å²) in [5, 5.41) is 5.74. The summed E-state index contributed by atoms with van der Waals surface area (Å²) in [5.74, 6) is 0.817. The van der Waals surface area contributed by atoms with Gasteiger partial charge in [0.05, 0.1) is 0 Å². The lowest BCUT2D eigenvalue weighted by Crippen LogP contribution is -2.35. The van der Waals surface area contributed by atoms with E-state index in [0.29, 0.717) is 19.4 Å². The van der Waals surface area contributed by atoms with Crippen LogP contribution in [-0.2, 0) is 15.3 Å². The summed E-state index contributed by atoms with van der Waals surface area (Å²) in [6.45, 7) is 6.11. The van der Waals surface area contributed by atoms with Gasteiger partial charge in [-0.3, -0.25) is 14.6 Å². The number of amides is 2. The van der Waals surface area contributed by atoms with Gasteiger partial charge in [-0.15, -0.1) is 11.8 Å². The van der Waals surface area contributed by atoms with Gasteiger partial charge in [-0.2, -0.15) is 0 Å². The maximum atomic E-state index is 12.0. The third-order valence-electron chi connectivity index (χ3n) is 3.81. The molecule has 2 N–H and O–H groups in total. The number of thioether (sulfide) groups is 1. The van der Waals surface area contributed by atoms with E-state index in [-0.39, 0.29) is 11.8 Å². The predicted molar refractivity (Wildman–Crippen MR) is 111 cm³/mol. The van der Waals surface area contributed by atoms with Crippen LogP contribution in [-0.4, -0.2) is 23.3 Å². The van der Waals surface area contributed by atoms with E-state index >= 15 is 0 Å². The smallest absolute Gasteiger partial charge is 0.225 e. The number of carbonyl (C=O) groups excluding carboxylic acids is 2. The largest absolute Gasteiger partial charge is 0.356 e. The Bertz CT molecular complexity index is 740. The van der Waals surface area contributed by atoms with Crippen LogP contribution in [0.5, 0.6) is 0 Å². The number of aromatic nitrogens is 1. The second-order valence-corrected chi connectivity index (χ2v) is 8.38. The minimum Gasteiger partial charge on any atom is -0.356 e. The van der Waals surface area contributed by atoms with Crippen LogP contribution in [0, 0.1) is 5.41 Å². The normalized spacial score (nSPS) is 11.1. The molecule has 0 radical (unpaired) electrons. The van der Waals surface area contributed by atoms with E-state index in [9.17, 15) is 9.59 Å². The first-order chi connectivity index (χ1) is 12.8. The molecule has 0 saturated carbocycles. The van der Waals surface area contributed by atoms with Gasteiger partial charge in [0, 0.05) is 47.1 Å². The van der Waals surface area contributed by atoms with E-state index < -0.39 is 5.41 Å². The van der Waals surface area contributed by atoms with Crippen molar-refractivity contribution in [3.05, 3.63) is 54.4 Å². The summed E-state index contributed by atoms with van der Waals surface area (Å²) >= 11 is 1.73. The van der Waals surface area contributed by atoms with Crippen molar-refractivity contribution in [2.45, 2.75) is 44.3 Å². The van der Waals surface area contributed by atoms with E-state index in [2.05, 4.69) is 21.7 Å². The number of nitrogens with one attached hydrogen (secondary N) is 2. The molecule has 5 nitrogen and oxygen atoms in total. The van der Waals surface area contributed by atoms with Crippen LogP contribution < -0.4 is 10.6 Å². The highest BCUT2D eigenvalue weighted by Gasteiger charge is 2.20. The third-order valence-corrected chi connectivity index (χ3v) is 4.90. The Labute approximate surface area is 165 Å². The van der Waals surface area contributed by atoms with Crippen LogP contribution in [0.1, 0.15) is 39.2 Å². The van der Waals surface area contributed by atoms with Crippen molar-refractivity contribution in [2.75, 3.05) is 11.9 Å². The molecule has 0 fully saturated rings. The lowest BCUT2D eigenvalue weighted by molar-refractivity contribution is -0.128. The molecule has 0 unspecified atom stereocenters. The van der Waals surface area contributed by atoms with Crippen LogP contribution in [0.25, 0.3) is 0 Å². The highest BCUT2D eigenvalue weighted by Crippen LogP contribution is 2.24. The Kier molecular flexibility index (Phi) is 7.85. The van der Waals surface area contributed by atoms with Crippen molar-refractivity contribution in [1.82, 2.24) is 10.3 Å². The molecule has 2 amide bonds. The Balaban J connectivity index is 1.69. The number of anilines is 1. The van der Waals surface area contributed by atoms with Gasteiger partial charge < -0.3 is 10.6 Å².